The summed E-state index contributed by atoms with van der Waals surface area (Å²) < 4.78 is 4.89. The highest BCUT2D eigenvalue weighted by molar-refractivity contribution is 5.97. The molecule has 1 saturated heterocycles. The molecule has 1 aliphatic rings. The number of carbonyl (C=O) groups excluding carboxylic acids is 2. The van der Waals surface area contributed by atoms with Crippen LogP contribution in [0.5, 0.6) is 0 Å². The molecule has 8 heteroatoms. The van der Waals surface area contributed by atoms with Crippen molar-refractivity contribution < 1.29 is 18.9 Å². The summed E-state index contributed by atoms with van der Waals surface area (Å²) in [6, 6.07) is 8.16. The van der Waals surface area contributed by atoms with Crippen LogP contribution < -0.4 is 5.32 Å². The largest absolute Gasteiger partial charge is 0.433 e. The molecule has 2 aromatic rings. The Morgan fingerprint density at radius 3 is 2.56 bits per heavy atom. The van der Waals surface area contributed by atoms with E-state index in [4.69, 9.17) is 4.42 Å². The topological polar surface area (TPSA) is 106 Å². The molecule has 0 spiro atoms. The van der Waals surface area contributed by atoms with Crippen molar-refractivity contribution in [1.82, 2.24) is 4.90 Å². The SMILES string of the molecule is Cc1ccc(NC(=O)C2CN(C(=O)c3ccc([N+](=O)[O-])o3)C2)c(C)c1. The fourth-order valence-corrected chi connectivity index (χ4v) is 2.70. The zero-order valence-electron chi connectivity index (χ0n) is 13.8. The third kappa shape index (κ3) is 3.37. The van der Waals surface area contributed by atoms with Crippen LogP contribution in [0.1, 0.15) is 21.7 Å². The van der Waals surface area contributed by atoms with Crippen LogP contribution in [0, 0.1) is 29.9 Å². The average Bonchev–Trinajstić information content (AvgIpc) is 2.98. The van der Waals surface area contributed by atoms with Gasteiger partial charge in [-0.05, 0) is 31.5 Å². The Morgan fingerprint density at radius 1 is 1.24 bits per heavy atom. The van der Waals surface area contributed by atoms with Crippen molar-refractivity contribution in [2.45, 2.75) is 13.8 Å². The van der Waals surface area contributed by atoms with Crippen LogP contribution in [0.2, 0.25) is 0 Å². The summed E-state index contributed by atoms with van der Waals surface area (Å²) in [7, 11) is 0. The number of benzene rings is 1. The molecule has 1 aromatic carbocycles. The quantitative estimate of drug-likeness (QED) is 0.678. The normalized spacial score (nSPS) is 14.1. The summed E-state index contributed by atoms with van der Waals surface area (Å²) in [5.74, 6) is -1.49. The Bertz CT molecular complexity index is 852. The first-order valence-corrected chi connectivity index (χ1v) is 7.77. The number of hydrogen-bond acceptors (Lipinski definition) is 5. The van der Waals surface area contributed by atoms with Gasteiger partial charge in [0.2, 0.25) is 5.91 Å². The lowest BCUT2D eigenvalue weighted by Gasteiger charge is -2.37. The van der Waals surface area contributed by atoms with E-state index in [1.165, 1.54) is 11.0 Å². The number of carbonyl (C=O) groups is 2. The van der Waals surface area contributed by atoms with E-state index < -0.39 is 16.7 Å². The number of hydrogen-bond donors (Lipinski definition) is 1. The second-order valence-electron chi connectivity index (χ2n) is 6.11. The van der Waals surface area contributed by atoms with E-state index in [0.717, 1.165) is 22.9 Å². The van der Waals surface area contributed by atoms with Gasteiger partial charge in [-0.15, -0.1) is 0 Å². The third-order valence-corrected chi connectivity index (χ3v) is 4.16. The van der Waals surface area contributed by atoms with Gasteiger partial charge in [-0.2, -0.15) is 0 Å². The van der Waals surface area contributed by atoms with Crippen LogP contribution in [-0.4, -0.2) is 34.7 Å². The Hall–Kier alpha value is -3.16. The molecule has 0 saturated carbocycles. The third-order valence-electron chi connectivity index (χ3n) is 4.16. The van der Waals surface area contributed by atoms with Crippen LogP contribution >= 0.6 is 0 Å². The summed E-state index contributed by atoms with van der Waals surface area (Å²) in [4.78, 5) is 35.7. The smallest absolute Gasteiger partial charge is 0.395 e. The van der Waals surface area contributed by atoms with E-state index in [1.807, 2.05) is 32.0 Å². The fourth-order valence-electron chi connectivity index (χ4n) is 2.70. The van der Waals surface area contributed by atoms with Crippen molar-refractivity contribution in [2.75, 3.05) is 18.4 Å². The predicted octanol–water partition coefficient (Wildman–Crippen LogP) is 2.52. The maximum Gasteiger partial charge on any atom is 0.433 e. The molecule has 2 amide bonds. The molecule has 1 aliphatic heterocycles. The van der Waals surface area contributed by atoms with Crippen LogP contribution in [0.4, 0.5) is 11.6 Å². The summed E-state index contributed by atoms with van der Waals surface area (Å²) in [5.41, 5.74) is 2.84. The lowest BCUT2D eigenvalue weighted by molar-refractivity contribution is -0.402. The van der Waals surface area contributed by atoms with Crippen LogP contribution in [0.25, 0.3) is 0 Å². The van der Waals surface area contributed by atoms with E-state index >= 15 is 0 Å². The summed E-state index contributed by atoms with van der Waals surface area (Å²) in [5, 5.41) is 13.5. The van der Waals surface area contributed by atoms with E-state index in [1.54, 1.807) is 0 Å². The highest BCUT2D eigenvalue weighted by Crippen LogP contribution is 2.24. The first-order chi connectivity index (χ1) is 11.8. The van der Waals surface area contributed by atoms with Crippen molar-refractivity contribution in [3.8, 4) is 0 Å². The molecule has 25 heavy (non-hydrogen) atoms. The average molecular weight is 343 g/mol. The minimum atomic E-state index is -0.701. The van der Waals surface area contributed by atoms with Gasteiger partial charge < -0.3 is 14.6 Å². The molecule has 0 bridgehead atoms. The highest BCUT2D eigenvalue weighted by atomic mass is 16.6. The number of anilines is 1. The lowest BCUT2D eigenvalue weighted by Crippen LogP contribution is -2.54. The molecule has 1 N–H and O–H groups in total. The van der Waals surface area contributed by atoms with Crippen molar-refractivity contribution in [2.24, 2.45) is 5.92 Å². The van der Waals surface area contributed by atoms with Crippen molar-refractivity contribution in [1.29, 1.82) is 0 Å². The Kier molecular flexibility index (Phi) is 4.26. The highest BCUT2D eigenvalue weighted by Gasteiger charge is 2.37. The van der Waals surface area contributed by atoms with E-state index in [0.29, 0.717) is 0 Å². The number of amides is 2. The molecule has 1 fully saturated rings. The van der Waals surface area contributed by atoms with Crippen molar-refractivity contribution in [3.63, 3.8) is 0 Å². The Labute approximate surface area is 143 Å². The molecule has 130 valence electrons. The molecule has 3 rings (SSSR count). The van der Waals surface area contributed by atoms with Gasteiger partial charge in [0.25, 0.3) is 5.91 Å². The van der Waals surface area contributed by atoms with E-state index in [-0.39, 0.29) is 30.7 Å². The first-order valence-electron chi connectivity index (χ1n) is 7.77. The maximum atomic E-state index is 12.3. The zero-order chi connectivity index (χ0) is 18.1. The minimum Gasteiger partial charge on any atom is -0.395 e. The molecule has 0 atom stereocenters. The van der Waals surface area contributed by atoms with Crippen LogP contribution in [0.15, 0.2) is 34.7 Å². The Morgan fingerprint density at radius 2 is 1.96 bits per heavy atom. The summed E-state index contributed by atoms with van der Waals surface area (Å²) >= 11 is 0. The van der Waals surface area contributed by atoms with Gasteiger partial charge in [0.05, 0.1) is 12.0 Å². The second kappa shape index (κ2) is 6.39. The fraction of sp³-hybridized carbons (Fsp3) is 0.294. The number of aryl methyl sites for hydroxylation is 2. The van der Waals surface area contributed by atoms with Crippen molar-refractivity contribution >= 4 is 23.4 Å². The van der Waals surface area contributed by atoms with Gasteiger partial charge >= 0.3 is 5.88 Å². The standard InChI is InChI=1S/C17H17N3O5/c1-10-3-4-13(11(2)7-10)18-16(21)12-8-19(9-12)17(22)14-5-6-15(25-14)20(23)24/h3-7,12H,8-9H2,1-2H3,(H,18,21). The summed E-state index contributed by atoms with van der Waals surface area (Å²) in [6.45, 7) is 4.41. The maximum absolute atomic E-state index is 12.3. The molecule has 8 nitrogen and oxygen atoms in total. The van der Waals surface area contributed by atoms with Gasteiger partial charge in [0.1, 0.15) is 4.92 Å². The minimum absolute atomic E-state index is 0.0973. The first kappa shape index (κ1) is 16.7. The summed E-state index contributed by atoms with van der Waals surface area (Å²) in [6.07, 6.45) is 0. The van der Waals surface area contributed by atoms with Gasteiger partial charge in [-0.25, -0.2) is 0 Å². The molecule has 0 unspecified atom stereocenters. The second-order valence-corrected chi connectivity index (χ2v) is 6.11. The number of nitrogens with zero attached hydrogens (tertiary/aromatic N) is 2. The van der Waals surface area contributed by atoms with Crippen LogP contribution in [0.3, 0.4) is 0 Å². The number of furan rings is 1. The zero-order valence-corrected chi connectivity index (χ0v) is 13.8. The Balaban J connectivity index is 1.57. The van der Waals surface area contributed by atoms with Gasteiger partial charge in [-0.1, -0.05) is 17.7 Å². The van der Waals surface area contributed by atoms with Gasteiger partial charge in [0.15, 0.2) is 5.76 Å². The molecule has 0 aliphatic carbocycles. The predicted molar refractivity (Wildman–Crippen MR) is 89.3 cm³/mol. The van der Waals surface area contributed by atoms with E-state index in [9.17, 15) is 19.7 Å². The number of nitrogens with one attached hydrogen (secondary N) is 1. The van der Waals surface area contributed by atoms with Crippen LogP contribution in [-0.2, 0) is 4.79 Å². The van der Waals surface area contributed by atoms with Gasteiger partial charge in [-0.3, -0.25) is 19.7 Å². The van der Waals surface area contributed by atoms with Crippen molar-refractivity contribution in [3.05, 3.63) is 57.3 Å². The number of rotatable bonds is 4. The molecular formula is C17H17N3O5. The van der Waals surface area contributed by atoms with E-state index in [2.05, 4.69) is 5.32 Å². The number of nitro groups is 1. The lowest BCUT2D eigenvalue weighted by atomic mass is 9.98. The van der Waals surface area contributed by atoms with Gasteiger partial charge in [0, 0.05) is 18.8 Å². The number of likely N-dealkylation sites (tertiary alicyclic amines) is 1. The molecule has 2 heterocycles. The molecule has 1 aromatic heterocycles. The monoisotopic (exact) mass is 343 g/mol. The molecule has 0 radical (unpaired) electrons. The molecular weight excluding hydrogens is 326 g/mol.